The SMILES string of the molecule is Cc1coc2cc3oc(=O)c(CC(=O)N[C@@H](C)Cc4c[nH]c5ccccc45)c(C)c3cc12. The van der Waals surface area contributed by atoms with E-state index in [2.05, 4.69) is 16.4 Å². The van der Waals surface area contributed by atoms with Crippen LogP contribution in [0.25, 0.3) is 32.8 Å². The number of nitrogens with one attached hydrogen (secondary N) is 2. The first-order valence-corrected chi connectivity index (χ1v) is 10.7. The Kier molecular flexibility index (Phi) is 4.85. The van der Waals surface area contributed by atoms with Crippen molar-refractivity contribution in [3.63, 3.8) is 0 Å². The summed E-state index contributed by atoms with van der Waals surface area (Å²) in [5.41, 5.74) is 5.03. The molecule has 0 aliphatic heterocycles. The van der Waals surface area contributed by atoms with Crippen molar-refractivity contribution in [2.24, 2.45) is 0 Å². The summed E-state index contributed by atoms with van der Waals surface area (Å²) in [6.45, 7) is 5.79. The third-order valence-corrected chi connectivity index (χ3v) is 6.12. The van der Waals surface area contributed by atoms with E-state index in [1.807, 2.05) is 51.2 Å². The molecule has 162 valence electrons. The molecule has 5 rings (SSSR count). The number of H-pyrrole nitrogens is 1. The van der Waals surface area contributed by atoms with Gasteiger partial charge in [-0.3, -0.25) is 4.79 Å². The number of furan rings is 1. The molecule has 1 amide bonds. The molecular weight excluding hydrogens is 404 g/mol. The number of carbonyl (C=O) groups excluding carboxylic acids is 1. The van der Waals surface area contributed by atoms with Crippen molar-refractivity contribution in [2.75, 3.05) is 0 Å². The average molecular weight is 428 g/mol. The van der Waals surface area contributed by atoms with Gasteiger partial charge < -0.3 is 19.1 Å². The molecule has 1 atom stereocenters. The van der Waals surface area contributed by atoms with E-state index in [0.29, 0.717) is 23.2 Å². The lowest BCUT2D eigenvalue weighted by atomic mass is 10.0. The van der Waals surface area contributed by atoms with Crippen molar-refractivity contribution in [1.29, 1.82) is 0 Å². The zero-order valence-corrected chi connectivity index (χ0v) is 18.2. The van der Waals surface area contributed by atoms with Crippen molar-refractivity contribution < 1.29 is 13.6 Å². The number of hydrogen-bond acceptors (Lipinski definition) is 4. The predicted octanol–water partition coefficient (Wildman–Crippen LogP) is 4.93. The van der Waals surface area contributed by atoms with Crippen molar-refractivity contribution in [3.8, 4) is 0 Å². The zero-order valence-electron chi connectivity index (χ0n) is 18.2. The van der Waals surface area contributed by atoms with Gasteiger partial charge in [-0.2, -0.15) is 0 Å². The van der Waals surface area contributed by atoms with Crippen LogP contribution in [0.1, 0.15) is 29.2 Å². The van der Waals surface area contributed by atoms with Crippen LogP contribution in [0.2, 0.25) is 0 Å². The lowest BCUT2D eigenvalue weighted by molar-refractivity contribution is -0.121. The highest BCUT2D eigenvalue weighted by atomic mass is 16.4. The first kappa shape index (κ1) is 20.1. The van der Waals surface area contributed by atoms with Crippen molar-refractivity contribution >= 4 is 38.7 Å². The molecule has 0 aliphatic rings. The Morgan fingerprint density at radius 1 is 1.09 bits per heavy atom. The molecule has 5 aromatic rings. The fourth-order valence-electron chi connectivity index (χ4n) is 4.41. The quantitative estimate of drug-likeness (QED) is 0.389. The van der Waals surface area contributed by atoms with E-state index in [1.54, 1.807) is 12.3 Å². The molecule has 0 saturated carbocycles. The molecule has 0 unspecified atom stereocenters. The van der Waals surface area contributed by atoms with Crippen LogP contribution in [0.4, 0.5) is 0 Å². The molecule has 0 radical (unpaired) electrons. The summed E-state index contributed by atoms with van der Waals surface area (Å²) < 4.78 is 11.0. The van der Waals surface area contributed by atoms with Crippen LogP contribution in [-0.2, 0) is 17.6 Å². The van der Waals surface area contributed by atoms with E-state index in [9.17, 15) is 9.59 Å². The van der Waals surface area contributed by atoms with E-state index < -0.39 is 5.63 Å². The maximum Gasteiger partial charge on any atom is 0.340 e. The van der Waals surface area contributed by atoms with Gasteiger partial charge in [-0.25, -0.2) is 4.79 Å². The molecule has 0 fully saturated rings. The number of para-hydroxylation sites is 1. The van der Waals surface area contributed by atoms with E-state index in [1.165, 1.54) is 0 Å². The van der Waals surface area contributed by atoms with Gasteiger partial charge >= 0.3 is 5.63 Å². The van der Waals surface area contributed by atoms with Crippen LogP contribution in [0, 0.1) is 13.8 Å². The third kappa shape index (κ3) is 3.47. The van der Waals surface area contributed by atoms with E-state index in [0.717, 1.165) is 38.4 Å². The summed E-state index contributed by atoms with van der Waals surface area (Å²) in [7, 11) is 0. The summed E-state index contributed by atoms with van der Waals surface area (Å²) in [5.74, 6) is -0.201. The number of carbonyl (C=O) groups is 1. The minimum Gasteiger partial charge on any atom is -0.464 e. The average Bonchev–Trinajstić information content (AvgIpc) is 3.33. The van der Waals surface area contributed by atoms with Gasteiger partial charge in [-0.1, -0.05) is 18.2 Å². The highest BCUT2D eigenvalue weighted by Gasteiger charge is 2.18. The van der Waals surface area contributed by atoms with Crippen LogP contribution in [0.5, 0.6) is 0 Å². The first-order chi connectivity index (χ1) is 15.4. The molecule has 0 spiro atoms. The van der Waals surface area contributed by atoms with Crippen molar-refractivity contribution in [3.05, 3.63) is 81.5 Å². The summed E-state index contributed by atoms with van der Waals surface area (Å²) in [5, 5.41) is 5.96. The Bertz CT molecular complexity index is 1540. The third-order valence-electron chi connectivity index (χ3n) is 6.12. The molecule has 32 heavy (non-hydrogen) atoms. The molecule has 0 bridgehead atoms. The Balaban J connectivity index is 1.37. The number of aromatic nitrogens is 1. The molecular formula is C26H24N2O4. The van der Waals surface area contributed by atoms with Gasteiger partial charge in [0.05, 0.1) is 18.2 Å². The van der Waals surface area contributed by atoms with E-state index in [-0.39, 0.29) is 18.4 Å². The summed E-state index contributed by atoms with van der Waals surface area (Å²) in [6.07, 6.45) is 4.33. The van der Waals surface area contributed by atoms with Crippen LogP contribution >= 0.6 is 0 Å². The van der Waals surface area contributed by atoms with Crippen LogP contribution in [0.3, 0.4) is 0 Å². The number of amides is 1. The van der Waals surface area contributed by atoms with Gasteiger partial charge in [-0.05, 0) is 56.0 Å². The largest absolute Gasteiger partial charge is 0.464 e. The fraction of sp³-hybridized carbons (Fsp3) is 0.231. The molecule has 6 heteroatoms. The summed E-state index contributed by atoms with van der Waals surface area (Å²) in [4.78, 5) is 28.7. The Morgan fingerprint density at radius 2 is 1.91 bits per heavy atom. The molecule has 0 saturated heterocycles. The number of aromatic amines is 1. The fourth-order valence-corrected chi connectivity index (χ4v) is 4.41. The van der Waals surface area contributed by atoms with Gasteiger partial charge in [-0.15, -0.1) is 0 Å². The van der Waals surface area contributed by atoms with E-state index in [4.69, 9.17) is 8.83 Å². The number of benzene rings is 2. The zero-order chi connectivity index (χ0) is 22.4. The second kappa shape index (κ2) is 7.71. The van der Waals surface area contributed by atoms with Crippen LogP contribution < -0.4 is 10.9 Å². The number of fused-ring (bicyclic) bond motifs is 3. The smallest absolute Gasteiger partial charge is 0.340 e. The number of hydrogen-bond donors (Lipinski definition) is 2. The normalized spacial score (nSPS) is 12.6. The van der Waals surface area contributed by atoms with Gasteiger partial charge in [0.25, 0.3) is 0 Å². The molecule has 3 heterocycles. The second-order valence-electron chi connectivity index (χ2n) is 8.47. The lowest BCUT2D eigenvalue weighted by Gasteiger charge is -2.14. The maximum atomic E-state index is 12.8. The lowest BCUT2D eigenvalue weighted by Crippen LogP contribution is -2.36. The molecule has 0 aliphatic carbocycles. The number of aryl methyl sites for hydroxylation is 2. The topological polar surface area (TPSA) is 88.2 Å². The van der Waals surface area contributed by atoms with Gasteiger partial charge in [0.15, 0.2) is 0 Å². The van der Waals surface area contributed by atoms with Crippen molar-refractivity contribution in [1.82, 2.24) is 10.3 Å². The van der Waals surface area contributed by atoms with Crippen LogP contribution in [-0.4, -0.2) is 16.9 Å². The highest BCUT2D eigenvalue weighted by Crippen LogP contribution is 2.29. The highest BCUT2D eigenvalue weighted by molar-refractivity contribution is 5.96. The molecule has 2 aromatic carbocycles. The molecule has 3 aromatic heterocycles. The Hall–Kier alpha value is -3.80. The van der Waals surface area contributed by atoms with E-state index >= 15 is 0 Å². The summed E-state index contributed by atoms with van der Waals surface area (Å²) >= 11 is 0. The molecule has 6 nitrogen and oxygen atoms in total. The summed E-state index contributed by atoms with van der Waals surface area (Å²) in [6, 6.07) is 11.7. The Labute approximate surface area is 184 Å². The van der Waals surface area contributed by atoms with Gasteiger partial charge in [0.2, 0.25) is 5.91 Å². The Morgan fingerprint density at radius 3 is 2.75 bits per heavy atom. The number of rotatable bonds is 5. The minimum absolute atomic E-state index is 0.0231. The van der Waals surface area contributed by atoms with Crippen molar-refractivity contribution in [2.45, 2.75) is 39.7 Å². The molecule has 2 N–H and O–H groups in total. The standard InChI is InChI=1S/C26H24N2O4/c1-14-13-31-23-11-24-20(9-19(14)23)16(3)21(26(30)32-24)10-25(29)28-15(2)8-17-12-27-22-7-5-4-6-18(17)22/h4-7,9,11-13,15,27H,8,10H2,1-3H3,(H,28,29)/t15-/m0/s1. The first-order valence-electron chi connectivity index (χ1n) is 10.7. The van der Waals surface area contributed by atoms with Gasteiger partial charge in [0, 0.05) is 40.0 Å². The minimum atomic E-state index is -0.489. The van der Waals surface area contributed by atoms with Crippen LogP contribution in [0.15, 0.2) is 62.5 Å². The second-order valence-corrected chi connectivity index (χ2v) is 8.47. The monoisotopic (exact) mass is 428 g/mol. The predicted molar refractivity (Wildman–Crippen MR) is 125 cm³/mol. The maximum absolute atomic E-state index is 12.8. The van der Waals surface area contributed by atoms with Gasteiger partial charge in [0.1, 0.15) is 11.2 Å².